The molecule has 1 aliphatic rings. The molecule has 5 nitrogen and oxygen atoms in total. The van der Waals surface area contributed by atoms with Gasteiger partial charge in [-0.05, 0) is 51.0 Å². The van der Waals surface area contributed by atoms with Crippen LogP contribution in [0.2, 0.25) is 0 Å². The standard InChI is InChI=1S/C18H24N2O3S/c1-5-13(18(22)23-10(2)3)20-9-19-16-15(17(20)21)12-7-6-11(4)8-14(12)24-16/h9-11,13H,5-8H2,1-4H3/t11-,13-/m1/s1. The molecule has 2 aromatic heterocycles. The maximum atomic E-state index is 13.1. The fourth-order valence-corrected chi connectivity index (χ4v) is 4.69. The number of thiophene rings is 1. The number of fused-ring (bicyclic) bond motifs is 3. The van der Waals surface area contributed by atoms with Crippen molar-refractivity contribution in [2.45, 2.75) is 65.5 Å². The molecule has 2 aromatic rings. The number of ether oxygens (including phenoxy) is 1. The largest absolute Gasteiger partial charge is 0.461 e. The van der Waals surface area contributed by atoms with E-state index in [1.165, 1.54) is 15.8 Å². The molecule has 0 saturated heterocycles. The zero-order valence-corrected chi connectivity index (χ0v) is 15.5. The minimum atomic E-state index is -0.616. The summed E-state index contributed by atoms with van der Waals surface area (Å²) in [7, 11) is 0. The van der Waals surface area contributed by atoms with Gasteiger partial charge in [-0.2, -0.15) is 0 Å². The van der Waals surface area contributed by atoms with Gasteiger partial charge in [0.2, 0.25) is 0 Å². The highest BCUT2D eigenvalue weighted by molar-refractivity contribution is 7.18. The maximum Gasteiger partial charge on any atom is 0.329 e. The molecular formula is C18H24N2O3S. The topological polar surface area (TPSA) is 61.2 Å². The van der Waals surface area contributed by atoms with Gasteiger partial charge in [-0.25, -0.2) is 9.78 Å². The summed E-state index contributed by atoms with van der Waals surface area (Å²) in [4.78, 5) is 31.9. The van der Waals surface area contributed by atoms with Gasteiger partial charge in [0.1, 0.15) is 10.9 Å². The van der Waals surface area contributed by atoms with Crippen molar-refractivity contribution < 1.29 is 9.53 Å². The maximum absolute atomic E-state index is 13.1. The lowest BCUT2D eigenvalue weighted by Crippen LogP contribution is -2.32. The summed E-state index contributed by atoms with van der Waals surface area (Å²) >= 11 is 1.62. The molecule has 0 fully saturated rings. The summed E-state index contributed by atoms with van der Waals surface area (Å²) in [6, 6.07) is -0.616. The molecule has 0 spiro atoms. The van der Waals surface area contributed by atoms with Crippen molar-refractivity contribution in [2.24, 2.45) is 5.92 Å². The zero-order valence-electron chi connectivity index (χ0n) is 14.7. The number of hydrogen-bond acceptors (Lipinski definition) is 5. The Balaban J connectivity index is 2.08. The van der Waals surface area contributed by atoms with Crippen molar-refractivity contribution in [1.82, 2.24) is 9.55 Å². The normalized spacial score (nSPS) is 18.6. The molecule has 0 amide bonds. The van der Waals surface area contributed by atoms with Crippen molar-refractivity contribution in [2.75, 3.05) is 0 Å². The van der Waals surface area contributed by atoms with Gasteiger partial charge in [-0.15, -0.1) is 11.3 Å². The zero-order chi connectivity index (χ0) is 17.4. The van der Waals surface area contributed by atoms with Gasteiger partial charge in [0.05, 0.1) is 17.8 Å². The molecule has 2 atom stereocenters. The third-order valence-electron chi connectivity index (χ3n) is 4.59. The number of aromatic nitrogens is 2. The van der Waals surface area contributed by atoms with E-state index in [1.54, 1.807) is 11.3 Å². The summed E-state index contributed by atoms with van der Waals surface area (Å²) in [5.74, 6) is 0.283. The summed E-state index contributed by atoms with van der Waals surface area (Å²) < 4.78 is 6.77. The lowest BCUT2D eigenvalue weighted by atomic mass is 9.89. The highest BCUT2D eigenvalue weighted by Crippen LogP contribution is 2.35. The van der Waals surface area contributed by atoms with Gasteiger partial charge >= 0.3 is 5.97 Å². The lowest BCUT2D eigenvalue weighted by molar-refractivity contribution is -0.151. The van der Waals surface area contributed by atoms with E-state index in [2.05, 4.69) is 11.9 Å². The molecule has 6 heteroatoms. The van der Waals surface area contributed by atoms with E-state index in [4.69, 9.17) is 4.74 Å². The molecule has 0 bridgehead atoms. The molecule has 1 aliphatic carbocycles. The second-order valence-corrected chi connectivity index (χ2v) is 7.98. The third kappa shape index (κ3) is 2.99. The molecule has 24 heavy (non-hydrogen) atoms. The van der Waals surface area contributed by atoms with Crippen LogP contribution in [-0.4, -0.2) is 21.6 Å². The van der Waals surface area contributed by atoms with E-state index in [0.717, 1.165) is 29.7 Å². The van der Waals surface area contributed by atoms with E-state index < -0.39 is 6.04 Å². The van der Waals surface area contributed by atoms with E-state index in [1.807, 2.05) is 20.8 Å². The Bertz CT molecular complexity index is 822. The predicted octanol–water partition coefficient (Wildman–Crippen LogP) is 3.49. The van der Waals surface area contributed by atoms with Crippen LogP contribution in [0.15, 0.2) is 11.1 Å². The number of carbonyl (C=O) groups excluding carboxylic acids is 1. The van der Waals surface area contributed by atoms with Crippen LogP contribution in [0.25, 0.3) is 10.2 Å². The molecule has 0 N–H and O–H groups in total. The molecular weight excluding hydrogens is 324 g/mol. The molecule has 0 radical (unpaired) electrons. The van der Waals surface area contributed by atoms with Crippen LogP contribution >= 0.6 is 11.3 Å². The first-order valence-corrected chi connectivity index (χ1v) is 9.45. The summed E-state index contributed by atoms with van der Waals surface area (Å²) in [5, 5.41) is 0.709. The number of hydrogen-bond donors (Lipinski definition) is 0. The van der Waals surface area contributed by atoms with Crippen LogP contribution < -0.4 is 5.56 Å². The lowest BCUT2D eigenvalue weighted by Gasteiger charge is -2.19. The van der Waals surface area contributed by atoms with E-state index in [9.17, 15) is 9.59 Å². The number of aryl methyl sites for hydroxylation is 1. The Morgan fingerprint density at radius 3 is 2.92 bits per heavy atom. The number of rotatable bonds is 4. The Kier molecular flexibility index (Phi) is 4.76. The molecule has 0 unspecified atom stereocenters. The predicted molar refractivity (Wildman–Crippen MR) is 95.6 cm³/mol. The van der Waals surface area contributed by atoms with Crippen LogP contribution in [0.3, 0.4) is 0 Å². The highest BCUT2D eigenvalue weighted by atomic mass is 32.1. The molecule has 0 saturated carbocycles. The van der Waals surface area contributed by atoms with Gasteiger partial charge in [0.25, 0.3) is 5.56 Å². The summed E-state index contributed by atoms with van der Waals surface area (Å²) in [5.41, 5.74) is 1.03. The van der Waals surface area contributed by atoms with Gasteiger partial charge in [-0.3, -0.25) is 9.36 Å². The molecule has 130 valence electrons. The Morgan fingerprint density at radius 2 is 2.25 bits per heavy atom. The Labute approximate surface area is 145 Å². The van der Waals surface area contributed by atoms with Gasteiger partial charge in [0, 0.05) is 4.88 Å². The number of nitrogens with zero attached hydrogens (tertiary/aromatic N) is 2. The minimum Gasteiger partial charge on any atom is -0.461 e. The van der Waals surface area contributed by atoms with Gasteiger partial charge in [0.15, 0.2) is 0 Å². The Hall–Kier alpha value is -1.69. The average molecular weight is 348 g/mol. The molecule has 0 aliphatic heterocycles. The van der Waals surface area contributed by atoms with Gasteiger partial charge < -0.3 is 4.74 Å². The van der Waals surface area contributed by atoms with Crippen LogP contribution in [0.4, 0.5) is 0 Å². The first-order valence-electron chi connectivity index (χ1n) is 8.64. The fourth-order valence-electron chi connectivity index (χ4n) is 3.35. The smallest absolute Gasteiger partial charge is 0.329 e. The summed E-state index contributed by atoms with van der Waals surface area (Å²) in [6.45, 7) is 7.75. The molecule has 0 aromatic carbocycles. The number of carbonyl (C=O) groups is 1. The number of esters is 1. The van der Waals surface area contributed by atoms with Crippen molar-refractivity contribution >= 4 is 27.5 Å². The second-order valence-electron chi connectivity index (χ2n) is 6.90. The van der Waals surface area contributed by atoms with Crippen molar-refractivity contribution in [3.05, 3.63) is 27.1 Å². The van der Waals surface area contributed by atoms with Crippen LogP contribution in [0.5, 0.6) is 0 Å². The minimum absolute atomic E-state index is 0.111. The average Bonchev–Trinajstić information content (AvgIpc) is 2.87. The summed E-state index contributed by atoms with van der Waals surface area (Å²) in [6.07, 6.45) is 4.84. The van der Waals surface area contributed by atoms with E-state index in [0.29, 0.717) is 17.7 Å². The second kappa shape index (κ2) is 6.67. The monoisotopic (exact) mass is 348 g/mol. The van der Waals surface area contributed by atoms with Crippen LogP contribution in [-0.2, 0) is 22.4 Å². The molecule has 2 heterocycles. The van der Waals surface area contributed by atoms with E-state index >= 15 is 0 Å². The fraction of sp³-hybridized carbons (Fsp3) is 0.611. The van der Waals surface area contributed by atoms with Crippen LogP contribution in [0.1, 0.15) is 57.0 Å². The van der Waals surface area contributed by atoms with E-state index in [-0.39, 0.29) is 17.6 Å². The van der Waals surface area contributed by atoms with Crippen molar-refractivity contribution in [3.8, 4) is 0 Å². The van der Waals surface area contributed by atoms with Crippen molar-refractivity contribution in [3.63, 3.8) is 0 Å². The molecule has 3 rings (SSSR count). The Morgan fingerprint density at radius 1 is 1.50 bits per heavy atom. The SMILES string of the molecule is CC[C@H](C(=O)OC(C)C)n1cnc2sc3c(c2c1=O)CC[C@@H](C)C3. The third-order valence-corrected chi connectivity index (χ3v) is 5.75. The first-order chi connectivity index (χ1) is 11.4. The van der Waals surface area contributed by atoms with Gasteiger partial charge in [-0.1, -0.05) is 13.8 Å². The first kappa shape index (κ1) is 17.1. The highest BCUT2D eigenvalue weighted by Gasteiger charge is 2.27. The quantitative estimate of drug-likeness (QED) is 0.794. The van der Waals surface area contributed by atoms with Crippen molar-refractivity contribution in [1.29, 1.82) is 0 Å². The van der Waals surface area contributed by atoms with Crippen LogP contribution in [0, 0.1) is 5.92 Å².